The molecule has 36 heavy (non-hydrogen) atoms. The van der Waals surface area contributed by atoms with Crippen LogP contribution in [0.15, 0.2) is 58.7 Å². The van der Waals surface area contributed by atoms with Crippen LogP contribution >= 0.6 is 11.3 Å². The summed E-state index contributed by atoms with van der Waals surface area (Å²) in [4.78, 5) is 38.7. The quantitative estimate of drug-likeness (QED) is 0.360. The number of thiophene rings is 1. The minimum Gasteiger partial charge on any atom is -0.461 e. The van der Waals surface area contributed by atoms with Gasteiger partial charge in [-0.15, -0.1) is 11.3 Å². The van der Waals surface area contributed by atoms with Gasteiger partial charge in [0, 0.05) is 10.8 Å². The van der Waals surface area contributed by atoms with E-state index >= 15 is 0 Å². The van der Waals surface area contributed by atoms with Crippen molar-refractivity contribution in [3.8, 4) is 5.69 Å². The van der Waals surface area contributed by atoms with Crippen molar-refractivity contribution in [2.45, 2.75) is 26.4 Å². The van der Waals surface area contributed by atoms with E-state index in [1.165, 1.54) is 5.38 Å². The molecule has 0 unspecified atom stereocenters. The Kier molecular flexibility index (Phi) is 6.93. The SMILES string of the molecule is CCOC(=O)c1nn(-c2ccc(C(F)(F)F)cc2)c(=O)c2c(NC(=O)Cc3cccc(C)c3)scc12. The van der Waals surface area contributed by atoms with E-state index in [0.29, 0.717) is 0 Å². The highest BCUT2D eigenvalue weighted by atomic mass is 32.1. The summed E-state index contributed by atoms with van der Waals surface area (Å²) in [6, 6.07) is 11.2. The van der Waals surface area contributed by atoms with Gasteiger partial charge in [0.15, 0.2) is 5.69 Å². The number of ether oxygens (including phenoxy) is 1. The fourth-order valence-electron chi connectivity index (χ4n) is 3.64. The van der Waals surface area contributed by atoms with Crippen LogP contribution in [0.3, 0.4) is 0 Å². The van der Waals surface area contributed by atoms with Gasteiger partial charge in [0.25, 0.3) is 5.56 Å². The lowest BCUT2D eigenvalue weighted by Crippen LogP contribution is -2.26. The van der Waals surface area contributed by atoms with Crippen LogP contribution < -0.4 is 10.9 Å². The number of carbonyl (C=O) groups excluding carboxylic acids is 2. The van der Waals surface area contributed by atoms with Crippen LogP contribution in [-0.4, -0.2) is 28.3 Å². The number of hydrogen-bond acceptors (Lipinski definition) is 6. The normalized spacial score (nSPS) is 11.5. The predicted molar refractivity (Wildman–Crippen MR) is 130 cm³/mol. The lowest BCUT2D eigenvalue weighted by atomic mass is 10.1. The van der Waals surface area contributed by atoms with Crippen molar-refractivity contribution in [3.05, 3.63) is 86.6 Å². The third-order valence-electron chi connectivity index (χ3n) is 5.26. The molecule has 0 aliphatic rings. The lowest BCUT2D eigenvalue weighted by molar-refractivity contribution is -0.137. The van der Waals surface area contributed by atoms with Crippen molar-refractivity contribution in [2.24, 2.45) is 0 Å². The lowest BCUT2D eigenvalue weighted by Gasteiger charge is -2.11. The van der Waals surface area contributed by atoms with E-state index in [0.717, 1.165) is 51.4 Å². The molecule has 0 atom stereocenters. The van der Waals surface area contributed by atoms with Crippen molar-refractivity contribution in [1.82, 2.24) is 9.78 Å². The average molecular weight is 516 g/mol. The van der Waals surface area contributed by atoms with Crippen molar-refractivity contribution in [3.63, 3.8) is 0 Å². The Morgan fingerprint density at radius 2 is 1.86 bits per heavy atom. The number of anilines is 1. The van der Waals surface area contributed by atoms with Crippen LogP contribution in [0.1, 0.15) is 34.1 Å². The Labute approximate surface area is 207 Å². The second-order valence-electron chi connectivity index (χ2n) is 7.90. The van der Waals surface area contributed by atoms with Gasteiger partial charge in [-0.05, 0) is 43.7 Å². The minimum atomic E-state index is -4.56. The second-order valence-corrected chi connectivity index (χ2v) is 8.78. The summed E-state index contributed by atoms with van der Waals surface area (Å²) >= 11 is 1.04. The molecule has 2 heterocycles. The number of benzene rings is 2. The monoisotopic (exact) mass is 515 g/mol. The third kappa shape index (κ3) is 5.15. The molecule has 7 nitrogen and oxygen atoms in total. The van der Waals surface area contributed by atoms with Crippen LogP contribution in [-0.2, 0) is 22.1 Å². The first-order valence-corrected chi connectivity index (χ1v) is 11.7. The molecule has 0 aliphatic carbocycles. The summed E-state index contributed by atoms with van der Waals surface area (Å²) < 4.78 is 44.9. The molecular formula is C25H20F3N3O4S. The molecule has 0 bridgehead atoms. The maximum atomic E-state index is 13.4. The summed E-state index contributed by atoms with van der Waals surface area (Å²) in [6.45, 7) is 3.55. The zero-order chi connectivity index (χ0) is 26.0. The standard InChI is InChI=1S/C25H20F3N3O4S/c1-3-35-24(34)21-18-13-36-22(29-19(32)12-15-6-4-5-14(2)11-15)20(18)23(33)31(30-21)17-9-7-16(8-10-17)25(26,27)28/h4-11,13H,3,12H2,1-2H3,(H,29,32). The second kappa shape index (κ2) is 9.94. The number of carbonyl (C=O) groups is 2. The molecule has 11 heteroatoms. The molecule has 0 radical (unpaired) electrons. The largest absolute Gasteiger partial charge is 0.461 e. The number of nitrogens with zero attached hydrogens (tertiary/aromatic N) is 2. The number of aryl methyl sites for hydroxylation is 1. The third-order valence-corrected chi connectivity index (χ3v) is 6.16. The number of aromatic nitrogens is 2. The Balaban J connectivity index is 1.79. The Hall–Kier alpha value is -3.99. The molecule has 0 spiro atoms. The van der Waals surface area contributed by atoms with Gasteiger partial charge >= 0.3 is 12.1 Å². The van der Waals surface area contributed by atoms with E-state index in [1.54, 1.807) is 13.0 Å². The highest BCUT2D eigenvalue weighted by Crippen LogP contribution is 2.32. The number of nitrogens with one attached hydrogen (secondary N) is 1. The first kappa shape index (κ1) is 25.1. The molecule has 4 rings (SSSR count). The van der Waals surface area contributed by atoms with E-state index < -0.39 is 23.3 Å². The van der Waals surface area contributed by atoms with Gasteiger partial charge in [-0.25, -0.2) is 4.79 Å². The van der Waals surface area contributed by atoms with Gasteiger partial charge in [0.05, 0.1) is 29.7 Å². The van der Waals surface area contributed by atoms with E-state index in [-0.39, 0.29) is 46.1 Å². The fraction of sp³-hybridized carbons (Fsp3) is 0.200. The highest BCUT2D eigenvalue weighted by molar-refractivity contribution is 7.16. The molecule has 1 amide bonds. The number of rotatable bonds is 6. The number of fused-ring (bicyclic) bond motifs is 1. The number of amides is 1. The molecule has 0 fully saturated rings. The van der Waals surface area contributed by atoms with E-state index in [1.807, 2.05) is 25.1 Å². The Morgan fingerprint density at radius 1 is 1.14 bits per heavy atom. The van der Waals surface area contributed by atoms with Crippen molar-refractivity contribution >= 4 is 39.0 Å². The van der Waals surface area contributed by atoms with E-state index in [9.17, 15) is 27.6 Å². The molecule has 0 aliphatic heterocycles. The number of alkyl halides is 3. The number of hydrogen-bond donors (Lipinski definition) is 1. The Morgan fingerprint density at radius 3 is 2.50 bits per heavy atom. The highest BCUT2D eigenvalue weighted by Gasteiger charge is 2.30. The topological polar surface area (TPSA) is 90.3 Å². The van der Waals surface area contributed by atoms with Crippen LogP contribution in [0.2, 0.25) is 0 Å². The van der Waals surface area contributed by atoms with Gasteiger partial charge in [0.2, 0.25) is 5.91 Å². The van der Waals surface area contributed by atoms with Crippen LogP contribution in [0, 0.1) is 6.92 Å². The molecule has 0 saturated carbocycles. The molecule has 2 aromatic heterocycles. The van der Waals surface area contributed by atoms with Gasteiger partial charge in [-0.2, -0.15) is 23.0 Å². The van der Waals surface area contributed by atoms with Gasteiger partial charge in [-0.1, -0.05) is 29.8 Å². The zero-order valence-corrected chi connectivity index (χ0v) is 20.0. The van der Waals surface area contributed by atoms with Gasteiger partial charge in [-0.3, -0.25) is 9.59 Å². The minimum absolute atomic E-state index is 0.00976. The van der Waals surface area contributed by atoms with Crippen LogP contribution in [0.25, 0.3) is 16.5 Å². The number of esters is 1. The van der Waals surface area contributed by atoms with Crippen LogP contribution in [0.4, 0.5) is 18.2 Å². The first-order chi connectivity index (χ1) is 17.1. The summed E-state index contributed by atoms with van der Waals surface area (Å²) in [7, 11) is 0. The fourth-order valence-corrected chi connectivity index (χ4v) is 4.59. The number of halogens is 3. The van der Waals surface area contributed by atoms with Crippen molar-refractivity contribution in [2.75, 3.05) is 11.9 Å². The maximum Gasteiger partial charge on any atom is 0.416 e. The van der Waals surface area contributed by atoms with E-state index in [2.05, 4.69) is 10.4 Å². The summed E-state index contributed by atoms with van der Waals surface area (Å²) in [5.41, 5.74) is -0.00290. The van der Waals surface area contributed by atoms with Gasteiger partial charge in [0.1, 0.15) is 5.00 Å². The Bertz CT molecular complexity index is 1510. The summed E-state index contributed by atoms with van der Waals surface area (Å²) in [5, 5.41) is 8.70. The van der Waals surface area contributed by atoms with Crippen molar-refractivity contribution in [1.29, 1.82) is 0 Å². The molecule has 0 saturated heterocycles. The molecule has 1 N–H and O–H groups in total. The van der Waals surface area contributed by atoms with Gasteiger partial charge < -0.3 is 10.1 Å². The average Bonchev–Trinajstić information content (AvgIpc) is 3.23. The van der Waals surface area contributed by atoms with Crippen LogP contribution in [0.5, 0.6) is 0 Å². The predicted octanol–water partition coefficient (Wildman–Crippen LogP) is 5.13. The summed E-state index contributed by atoms with van der Waals surface area (Å²) in [5.74, 6) is -1.18. The zero-order valence-electron chi connectivity index (χ0n) is 19.2. The first-order valence-electron chi connectivity index (χ1n) is 10.8. The molecule has 4 aromatic rings. The summed E-state index contributed by atoms with van der Waals surface area (Å²) in [6.07, 6.45) is -4.50. The maximum absolute atomic E-state index is 13.4. The van der Waals surface area contributed by atoms with E-state index in [4.69, 9.17) is 4.74 Å². The molecular weight excluding hydrogens is 495 g/mol. The smallest absolute Gasteiger partial charge is 0.416 e. The van der Waals surface area contributed by atoms with Crippen molar-refractivity contribution < 1.29 is 27.5 Å². The molecule has 2 aromatic carbocycles. The molecule has 186 valence electrons.